The molecule has 0 bridgehead atoms. The molecule has 0 radical (unpaired) electrons. The lowest BCUT2D eigenvalue weighted by Crippen LogP contribution is -2.31. The van der Waals surface area contributed by atoms with Crippen molar-refractivity contribution >= 4 is 5.91 Å². The van der Waals surface area contributed by atoms with Crippen molar-refractivity contribution in [1.29, 1.82) is 0 Å². The molecule has 25 heavy (non-hydrogen) atoms. The van der Waals surface area contributed by atoms with Crippen LogP contribution in [-0.2, 0) is 13.0 Å². The number of amides is 1. The molecule has 1 aromatic carbocycles. The third-order valence-electron chi connectivity index (χ3n) is 6.53. The molecule has 1 amide bonds. The summed E-state index contributed by atoms with van der Waals surface area (Å²) in [7, 11) is 0. The van der Waals surface area contributed by atoms with Crippen LogP contribution in [0.2, 0.25) is 0 Å². The number of nitrogens with one attached hydrogen (secondary N) is 1. The number of carbonyl (C=O) groups is 1. The smallest absolute Gasteiger partial charge is 0.254 e. The molecule has 1 aliphatic carbocycles. The second-order valence-electron chi connectivity index (χ2n) is 8.53. The summed E-state index contributed by atoms with van der Waals surface area (Å²) in [6.07, 6.45) is 10.4. The Kier molecular flexibility index (Phi) is 5.12. The van der Waals surface area contributed by atoms with Gasteiger partial charge in [0.1, 0.15) is 0 Å². The maximum absolute atomic E-state index is 12.9. The molecule has 0 spiro atoms. The van der Waals surface area contributed by atoms with Crippen molar-refractivity contribution in [3.05, 3.63) is 34.4 Å². The van der Waals surface area contributed by atoms with Crippen molar-refractivity contribution in [1.82, 2.24) is 10.2 Å². The summed E-state index contributed by atoms with van der Waals surface area (Å²) < 4.78 is 0. The molecule has 0 aromatic heterocycles. The van der Waals surface area contributed by atoms with Crippen LogP contribution in [0.3, 0.4) is 0 Å². The third-order valence-corrected chi connectivity index (χ3v) is 6.53. The summed E-state index contributed by atoms with van der Waals surface area (Å²) in [6.45, 7) is 6.25. The van der Waals surface area contributed by atoms with Gasteiger partial charge in [-0.3, -0.25) is 4.79 Å². The van der Waals surface area contributed by atoms with Crippen LogP contribution in [0.5, 0.6) is 0 Å². The van der Waals surface area contributed by atoms with Crippen molar-refractivity contribution < 1.29 is 4.79 Å². The molecule has 4 rings (SSSR count). The molecular formula is C22H32N2O. The van der Waals surface area contributed by atoms with E-state index in [0.29, 0.717) is 0 Å². The summed E-state index contributed by atoms with van der Waals surface area (Å²) in [5.41, 5.74) is 4.92. The Balaban J connectivity index is 1.46. The zero-order valence-corrected chi connectivity index (χ0v) is 15.7. The topological polar surface area (TPSA) is 32.3 Å². The number of aryl methyl sites for hydroxylation is 1. The van der Waals surface area contributed by atoms with Crippen molar-refractivity contribution in [2.24, 2.45) is 11.8 Å². The lowest BCUT2D eigenvalue weighted by Gasteiger charge is -2.26. The van der Waals surface area contributed by atoms with E-state index in [1.54, 1.807) is 0 Å². The van der Waals surface area contributed by atoms with Crippen LogP contribution in [0.25, 0.3) is 0 Å². The molecule has 2 fully saturated rings. The van der Waals surface area contributed by atoms with Gasteiger partial charge in [-0.1, -0.05) is 31.4 Å². The minimum atomic E-state index is 0.284. The zero-order valence-electron chi connectivity index (χ0n) is 15.7. The first-order valence-corrected chi connectivity index (χ1v) is 10.3. The summed E-state index contributed by atoms with van der Waals surface area (Å²) in [4.78, 5) is 15.0. The van der Waals surface area contributed by atoms with Gasteiger partial charge in [-0.15, -0.1) is 0 Å². The highest BCUT2D eigenvalue weighted by Gasteiger charge is 2.31. The van der Waals surface area contributed by atoms with Gasteiger partial charge in [0.15, 0.2) is 0 Å². The average Bonchev–Trinajstić information content (AvgIpc) is 2.93. The monoisotopic (exact) mass is 340 g/mol. The standard InChI is InChI=1S/C22H32N2O/c1-16-11-19(12-17-7-9-23-10-8-17)13-20-15-24(22(25)21(16)20)14-18-5-3-2-4-6-18/h11,13,17-18,23H,2-10,12,14-15H2,1H3. The molecule has 2 heterocycles. The van der Waals surface area contributed by atoms with E-state index in [2.05, 4.69) is 29.3 Å². The highest BCUT2D eigenvalue weighted by Crippen LogP contribution is 2.32. The van der Waals surface area contributed by atoms with Crippen molar-refractivity contribution in [2.45, 2.75) is 64.8 Å². The number of benzene rings is 1. The first-order valence-electron chi connectivity index (χ1n) is 10.3. The van der Waals surface area contributed by atoms with Crippen LogP contribution in [-0.4, -0.2) is 30.4 Å². The van der Waals surface area contributed by atoms with Crippen molar-refractivity contribution in [3.8, 4) is 0 Å². The van der Waals surface area contributed by atoms with Crippen LogP contribution < -0.4 is 5.32 Å². The van der Waals surface area contributed by atoms with Gasteiger partial charge >= 0.3 is 0 Å². The minimum absolute atomic E-state index is 0.284. The molecule has 1 saturated carbocycles. The van der Waals surface area contributed by atoms with E-state index in [-0.39, 0.29) is 5.91 Å². The number of rotatable bonds is 4. The Bertz CT molecular complexity index is 627. The van der Waals surface area contributed by atoms with Gasteiger partial charge in [0, 0.05) is 18.7 Å². The Morgan fingerprint density at radius 3 is 2.56 bits per heavy atom. The minimum Gasteiger partial charge on any atom is -0.334 e. The van der Waals surface area contributed by atoms with Gasteiger partial charge < -0.3 is 10.2 Å². The van der Waals surface area contributed by atoms with Crippen LogP contribution in [0.4, 0.5) is 0 Å². The van der Waals surface area contributed by atoms with Crippen LogP contribution >= 0.6 is 0 Å². The van der Waals surface area contributed by atoms with E-state index in [0.717, 1.165) is 43.6 Å². The van der Waals surface area contributed by atoms with Gasteiger partial charge in [-0.05, 0) is 80.6 Å². The molecule has 3 nitrogen and oxygen atoms in total. The number of hydrogen-bond donors (Lipinski definition) is 1. The zero-order chi connectivity index (χ0) is 17.2. The van der Waals surface area contributed by atoms with Gasteiger partial charge in [0.2, 0.25) is 0 Å². The van der Waals surface area contributed by atoms with Crippen LogP contribution in [0, 0.1) is 18.8 Å². The van der Waals surface area contributed by atoms with E-state index in [1.165, 1.54) is 68.1 Å². The van der Waals surface area contributed by atoms with E-state index in [9.17, 15) is 4.79 Å². The maximum Gasteiger partial charge on any atom is 0.254 e. The maximum atomic E-state index is 12.9. The largest absolute Gasteiger partial charge is 0.334 e. The lowest BCUT2D eigenvalue weighted by atomic mass is 9.89. The Labute approximate surface area is 152 Å². The second-order valence-corrected chi connectivity index (χ2v) is 8.53. The molecule has 136 valence electrons. The van der Waals surface area contributed by atoms with Gasteiger partial charge in [-0.25, -0.2) is 0 Å². The highest BCUT2D eigenvalue weighted by atomic mass is 16.2. The molecule has 3 aliphatic rings. The van der Waals surface area contributed by atoms with Crippen LogP contribution in [0.15, 0.2) is 12.1 Å². The summed E-state index contributed by atoms with van der Waals surface area (Å²) in [5, 5.41) is 3.45. The van der Waals surface area contributed by atoms with E-state index < -0.39 is 0 Å². The molecular weight excluding hydrogens is 308 g/mol. The van der Waals surface area contributed by atoms with E-state index >= 15 is 0 Å². The van der Waals surface area contributed by atoms with Crippen molar-refractivity contribution in [2.75, 3.05) is 19.6 Å². The lowest BCUT2D eigenvalue weighted by molar-refractivity contribution is 0.0737. The number of fused-ring (bicyclic) bond motifs is 1. The van der Waals surface area contributed by atoms with E-state index in [1.807, 2.05) is 0 Å². The molecule has 0 atom stereocenters. The second kappa shape index (κ2) is 7.49. The molecule has 1 aromatic rings. The summed E-state index contributed by atoms with van der Waals surface area (Å²) >= 11 is 0. The Morgan fingerprint density at radius 1 is 1.04 bits per heavy atom. The summed E-state index contributed by atoms with van der Waals surface area (Å²) in [6, 6.07) is 4.62. The molecule has 1 N–H and O–H groups in total. The molecule has 3 heteroatoms. The average molecular weight is 341 g/mol. The fraction of sp³-hybridized carbons (Fsp3) is 0.682. The fourth-order valence-corrected chi connectivity index (χ4v) is 5.17. The van der Waals surface area contributed by atoms with E-state index in [4.69, 9.17) is 0 Å². The Hall–Kier alpha value is -1.35. The molecule has 1 saturated heterocycles. The number of nitrogens with zero attached hydrogens (tertiary/aromatic N) is 1. The quantitative estimate of drug-likeness (QED) is 0.896. The molecule has 0 unspecified atom stereocenters. The molecule has 2 aliphatic heterocycles. The number of hydrogen-bond acceptors (Lipinski definition) is 2. The summed E-state index contributed by atoms with van der Waals surface area (Å²) in [5.74, 6) is 1.81. The third kappa shape index (κ3) is 3.76. The van der Waals surface area contributed by atoms with Crippen LogP contribution in [0.1, 0.15) is 72.0 Å². The SMILES string of the molecule is Cc1cc(CC2CCNCC2)cc2c1C(=O)N(CC1CCCCC1)C2. The van der Waals surface area contributed by atoms with Gasteiger partial charge in [-0.2, -0.15) is 0 Å². The predicted octanol–water partition coefficient (Wildman–Crippen LogP) is 4.07. The first kappa shape index (κ1) is 17.1. The van der Waals surface area contributed by atoms with Crippen molar-refractivity contribution in [3.63, 3.8) is 0 Å². The normalized spacial score (nSPS) is 22.4. The van der Waals surface area contributed by atoms with Gasteiger partial charge in [0.25, 0.3) is 5.91 Å². The first-order chi connectivity index (χ1) is 12.2. The highest BCUT2D eigenvalue weighted by molar-refractivity contribution is 5.99. The number of piperidine rings is 1. The van der Waals surface area contributed by atoms with Gasteiger partial charge in [0.05, 0.1) is 0 Å². The number of carbonyl (C=O) groups excluding carboxylic acids is 1. The fourth-order valence-electron chi connectivity index (χ4n) is 5.17. The predicted molar refractivity (Wildman–Crippen MR) is 102 cm³/mol. The Morgan fingerprint density at radius 2 is 1.80 bits per heavy atom.